The van der Waals surface area contributed by atoms with Crippen LogP contribution in [0.15, 0.2) is 0 Å². The van der Waals surface area contributed by atoms with Crippen LogP contribution in [0.25, 0.3) is 0 Å². The van der Waals surface area contributed by atoms with Crippen molar-refractivity contribution in [1.29, 1.82) is 0 Å². The third-order valence-electron chi connectivity index (χ3n) is 1.86. The standard InChI is InChI=1S/C9H18O3/c1-4-10-6-5-8-7-11-9(2,3)12-8/h8H,4-7H2,1-3H3. The fraction of sp³-hybridized carbons (Fsp3) is 1.00. The van der Waals surface area contributed by atoms with Crippen molar-refractivity contribution in [1.82, 2.24) is 0 Å². The van der Waals surface area contributed by atoms with Gasteiger partial charge >= 0.3 is 0 Å². The van der Waals surface area contributed by atoms with Gasteiger partial charge in [0.1, 0.15) is 0 Å². The smallest absolute Gasteiger partial charge is 0.163 e. The molecule has 0 spiro atoms. The van der Waals surface area contributed by atoms with Gasteiger partial charge in [-0.15, -0.1) is 0 Å². The second-order valence-electron chi connectivity index (χ2n) is 3.44. The van der Waals surface area contributed by atoms with E-state index in [0.717, 1.165) is 19.6 Å². The summed E-state index contributed by atoms with van der Waals surface area (Å²) in [7, 11) is 0. The molecule has 1 fully saturated rings. The molecule has 12 heavy (non-hydrogen) atoms. The van der Waals surface area contributed by atoms with E-state index in [1.54, 1.807) is 0 Å². The summed E-state index contributed by atoms with van der Waals surface area (Å²) in [5, 5.41) is 0. The molecule has 0 aromatic heterocycles. The molecule has 0 saturated carbocycles. The van der Waals surface area contributed by atoms with Gasteiger partial charge in [-0.1, -0.05) is 0 Å². The third-order valence-corrected chi connectivity index (χ3v) is 1.86. The molecular formula is C9H18O3. The molecule has 0 aromatic carbocycles. The zero-order chi connectivity index (χ0) is 9.03. The zero-order valence-corrected chi connectivity index (χ0v) is 8.13. The van der Waals surface area contributed by atoms with Gasteiger partial charge in [0.15, 0.2) is 5.79 Å². The first-order chi connectivity index (χ1) is 5.64. The summed E-state index contributed by atoms with van der Waals surface area (Å²) in [6.45, 7) is 8.11. The summed E-state index contributed by atoms with van der Waals surface area (Å²) in [5.41, 5.74) is 0. The van der Waals surface area contributed by atoms with E-state index in [0.29, 0.717) is 6.61 Å². The molecule has 0 aromatic rings. The Hall–Kier alpha value is -0.120. The average Bonchev–Trinajstić information content (AvgIpc) is 2.31. The quantitative estimate of drug-likeness (QED) is 0.605. The highest BCUT2D eigenvalue weighted by molar-refractivity contribution is 4.70. The minimum Gasteiger partial charge on any atom is -0.382 e. The molecule has 3 heteroatoms. The van der Waals surface area contributed by atoms with Gasteiger partial charge < -0.3 is 14.2 Å². The van der Waals surface area contributed by atoms with Crippen molar-refractivity contribution in [2.75, 3.05) is 19.8 Å². The maximum atomic E-state index is 5.59. The van der Waals surface area contributed by atoms with E-state index >= 15 is 0 Å². The first-order valence-corrected chi connectivity index (χ1v) is 4.53. The van der Waals surface area contributed by atoms with Crippen molar-refractivity contribution in [3.8, 4) is 0 Å². The predicted octanol–water partition coefficient (Wildman–Crippen LogP) is 1.56. The fourth-order valence-electron chi connectivity index (χ4n) is 1.26. The molecule has 3 nitrogen and oxygen atoms in total. The Kier molecular flexibility index (Phi) is 3.50. The van der Waals surface area contributed by atoms with E-state index < -0.39 is 5.79 Å². The van der Waals surface area contributed by atoms with E-state index in [2.05, 4.69) is 0 Å². The average molecular weight is 174 g/mol. The van der Waals surface area contributed by atoms with Crippen LogP contribution >= 0.6 is 0 Å². The maximum absolute atomic E-state index is 5.59. The Balaban J connectivity index is 2.11. The van der Waals surface area contributed by atoms with Crippen LogP contribution in [0.3, 0.4) is 0 Å². The van der Waals surface area contributed by atoms with E-state index in [-0.39, 0.29) is 6.10 Å². The Morgan fingerprint density at radius 1 is 1.50 bits per heavy atom. The molecule has 0 amide bonds. The number of ether oxygens (including phenoxy) is 3. The maximum Gasteiger partial charge on any atom is 0.163 e. The molecule has 1 aliphatic rings. The minimum atomic E-state index is -0.392. The van der Waals surface area contributed by atoms with Crippen LogP contribution in [0.2, 0.25) is 0 Å². The minimum absolute atomic E-state index is 0.214. The number of rotatable bonds is 4. The highest BCUT2D eigenvalue weighted by Gasteiger charge is 2.31. The highest BCUT2D eigenvalue weighted by Crippen LogP contribution is 2.23. The number of hydrogen-bond acceptors (Lipinski definition) is 3. The summed E-state index contributed by atoms with van der Waals surface area (Å²) in [4.78, 5) is 0. The van der Waals surface area contributed by atoms with Gasteiger partial charge in [0.2, 0.25) is 0 Å². The topological polar surface area (TPSA) is 27.7 Å². The lowest BCUT2D eigenvalue weighted by Gasteiger charge is -2.16. The first kappa shape index (κ1) is 9.96. The molecule has 1 atom stereocenters. The Bertz CT molecular complexity index is 134. The van der Waals surface area contributed by atoms with Gasteiger partial charge in [0.25, 0.3) is 0 Å². The van der Waals surface area contributed by atoms with Crippen LogP contribution in [0.4, 0.5) is 0 Å². The van der Waals surface area contributed by atoms with Gasteiger partial charge in [0.05, 0.1) is 12.7 Å². The van der Waals surface area contributed by atoms with E-state index in [1.807, 2.05) is 20.8 Å². The molecule has 0 bridgehead atoms. The molecule has 1 saturated heterocycles. The summed E-state index contributed by atoms with van der Waals surface area (Å²) in [6.07, 6.45) is 1.14. The lowest BCUT2D eigenvalue weighted by Crippen LogP contribution is -2.22. The lowest BCUT2D eigenvalue weighted by molar-refractivity contribution is -0.140. The van der Waals surface area contributed by atoms with Crippen molar-refractivity contribution < 1.29 is 14.2 Å². The van der Waals surface area contributed by atoms with E-state index in [4.69, 9.17) is 14.2 Å². The van der Waals surface area contributed by atoms with Gasteiger partial charge in [-0.2, -0.15) is 0 Å². The molecule has 0 N–H and O–H groups in total. The van der Waals surface area contributed by atoms with E-state index in [9.17, 15) is 0 Å². The zero-order valence-electron chi connectivity index (χ0n) is 8.13. The van der Waals surface area contributed by atoms with Crippen molar-refractivity contribution in [3.05, 3.63) is 0 Å². The molecule has 72 valence electrons. The molecule has 1 unspecified atom stereocenters. The molecule has 0 aliphatic carbocycles. The predicted molar refractivity (Wildman–Crippen MR) is 46.0 cm³/mol. The normalized spacial score (nSPS) is 27.8. The highest BCUT2D eigenvalue weighted by atomic mass is 16.7. The Morgan fingerprint density at radius 3 is 2.75 bits per heavy atom. The monoisotopic (exact) mass is 174 g/mol. The van der Waals surface area contributed by atoms with Crippen molar-refractivity contribution in [3.63, 3.8) is 0 Å². The summed E-state index contributed by atoms with van der Waals surface area (Å²) in [6, 6.07) is 0. The van der Waals surface area contributed by atoms with Crippen LogP contribution < -0.4 is 0 Å². The second-order valence-corrected chi connectivity index (χ2v) is 3.44. The van der Waals surface area contributed by atoms with Crippen molar-refractivity contribution in [2.24, 2.45) is 0 Å². The largest absolute Gasteiger partial charge is 0.382 e. The van der Waals surface area contributed by atoms with Gasteiger partial charge in [-0.3, -0.25) is 0 Å². The number of hydrogen-bond donors (Lipinski definition) is 0. The molecule has 0 radical (unpaired) electrons. The van der Waals surface area contributed by atoms with Gasteiger partial charge in [-0.25, -0.2) is 0 Å². The molecular weight excluding hydrogens is 156 g/mol. The van der Waals surface area contributed by atoms with Crippen LogP contribution in [-0.4, -0.2) is 31.7 Å². The van der Waals surface area contributed by atoms with E-state index in [1.165, 1.54) is 0 Å². The molecule has 1 heterocycles. The Morgan fingerprint density at radius 2 is 2.25 bits per heavy atom. The molecule has 1 rings (SSSR count). The van der Waals surface area contributed by atoms with Crippen LogP contribution in [0, 0.1) is 0 Å². The summed E-state index contributed by atoms with van der Waals surface area (Å²) in [5.74, 6) is -0.392. The lowest BCUT2D eigenvalue weighted by atomic mass is 10.3. The third kappa shape index (κ3) is 3.09. The van der Waals surface area contributed by atoms with Gasteiger partial charge in [0, 0.05) is 13.2 Å². The van der Waals surface area contributed by atoms with Crippen LogP contribution in [0.1, 0.15) is 27.2 Å². The second kappa shape index (κ2) is 4.21. The van der Waals surface area contributed by atoms with Crippen LogP contribution in [0.5, 0.6) is 0 Å². The Labute approximate surface area is 74.0 Å². The van der Waals surface area contributed by atoms with Gasteiger partial charge in [-0.05, 0) is 27.2 Å². The summed E-state index contributed by atoms with van der Waals surface area (Å²) >= 11 is 0. The fourth-order valence-corrected chi connectivity index (χ4v) is 1.26. The first-order valence-electron chi connectivity index (χ1n) is 4.53. The SMILES string of the molecule is CCOCCC1COC(C)(C)O1. The van der Waals surface area contributed by atoms with Crippen LogP contribution in [-0.2, 0) is 14.2 Å². The van der Waals surface area contributed by atoms with Crippen molar-refractivity contribution in [2.45, 2.75) is 39.1 Å². The molecule has 1 aliphatic heterocycles. The summed E-state index contributed by atoms with van der Waals surface area (Å²) < 4.78 is 16.2. The van der Waals surface area contributed by atoms with Crippen molar-refractivity contribution >= 4 is 0 Å².